The Morgan fingerprint density at radius 3 is 2.64 bits per heavy atom. The summed E-state index contributed by atoms with van der Waals surface area (Å²) >= 11 is 3.44. The van der Waals surface area contributed by atoms with E-state index in [0.717, 1.165) is 60.3 Å². The Kier molecular flexibility index (Phi) is 5.69. The SMILES string of the molecule is COc1ccc(N2CCCN(Cc3cc(=O)oc4cc(Br)ccc34)CC2)cc1. The van der Waals surface area contributed by atoms with Crippen molar-refractivity contribution in [3.05, 3.63) is 69.0 Å². The van der Waals surface area contributed by atoms with Gasteiger partial charge in [-0.25, -0.2) is 4.79 Å². The Labute approximate surface area is 172 Å². The molecule has 1 aliphatic heterocycles. The van der Waals surface area contributed by atoms with Crippen molar-refractivity contribution in [2.24, 2.45) is 0 Å². The second-order valence-electron chi connectivity index (χ2n) is 7.05. The van der Waals surface area contributed by atoms with Crippen LogP contribution >= 0.6 is 15.9 Å². The lowest BCUT2D eigenvalue weighted by atomic mass is 10.1. The first kappa shape index (κ1) is 19.0. The van der Waals surface area contributed by atoms with Gasteiger partial charge >= 0.3 is 5.63 Å². The Balaban J connectivity index is 1.49. The molecule has 0 aliphatic carbocycles. The van der Waals surface area contributed by atoms with Gasteiger partial charge < -0.3 is 14.1 Å². The van der Waals surface area contributed by atoms with E-state index in [1.54, 1.807) is 13.2 Å². The van der Waals surface area contributed by atoms with Crippen LogP contribution in [0.4, 0.5) is 5.69 Å². The standard InChI is InChI=1S/C22H23BrN2O3/c1-27-19-6-4-18(5-7-19)25-10-2-9-24(11-12-25)15-16-13-22(26)28-21-14-17(23)3-8-20(16)21/h3-8,13-14H,2,9-12,15H2,1H3. The lowest BCUT2D eigenvalue weighted by Gasteiger charge is -2.24. The summed E-state index contributed by atoms with van der Waals surface area (Å²) in [6.07, 6.45) is 1.08. The van der Waals surface area contributed by atoms with Crippen LogP contribution in [0.25, 0.3) is 11.0 Å². The fourth-order valence-electron chi connectivity index (χ4n) is 3.76. The summed E-state index contributed by atoms with van der Waals surface area (Å²) in [5.74, 6) is 0.877. The maximum absolute atomic E-state index is 12.0. The highest BCUT2D eigenvalue weighted by molar-refractivity contribution is 9.10. The molecule has 4 rings (SSSR count). The van der Waals surface area contributed by atoms with E-state index >= 15 is 0 Å². The van der Waals surface area contributed by atoms with E-state index < -0.39 is 0 Å². The van der Waals surface area contributed by atoms with Crippen molar-refractivity contribution in [2.75, 3.05) is 38.2 Å². The van der Waals surface area contributed by atoms with Crippen molar-refractivity contribution in [3.8, 4) is 5.75 Å². The molecule has 0 N–H and O–H groups in total. The average Bonchev–Trinajstić information content (AvgIpc) is 2.93. The average molecular weight is 443 g/mol. The highest BCUT2D eigenvalue weighted by Gasteiger charge is 2.17. The summed E-state index contributed by atoms with van der Waals surface area (Å²) in [5, 5.41) is 0.999. The van der Waals surface area contributed by atoms with E-state index in [4.69, 9.17) is 9.15 Å². The minimum absolute atomic E-state index is 0.296. The van der Waals surface area contributed by atoms with Gasteiger partial charge in [0.2, 0.25) is 0 Å². The molecule has 2 heterocycles. The second-order valence-corrected chi connectivity index (χ2v) is 7.96. The topological polar surface area (TPSA) is 45.9 Å². The van der Waals surface area contributed by atoms with E-state index in [0.29, 0.717) is 5.58 Å². The van der Waals surface area contributed by atoms with Gasteiger partial charge in [0.25, 0.3) is 0 Å². The predicted octanol–water partition coefficient (Wildman–Crippen LogP) is 4.28. The molecule has 1 saturated heterocycles. The zero-order valence-electron chi connectivity index (χ0n) is 15.9. The summed E-state index contributed by atoms with van der Waals surface area (Å²) < 4.78 is 11.5. The highest BCUT2D eigenvalue weighted by Crippen LogP contribution is 2.24. The van der Waals surface area contributed by atoms with E-state index in [2.05, 4.69) is 37.9 Å². The van der Waals surface area contributed by atoms with Gasteiger partial charge in [-0.3, -0.25) is 4.90 Å². The first-order chi connectivity index (χ1) is 13.6. The number of hydrogen-bond acceptors (Lipinski definition) is 5. The Morgan fingerprint density at radius 1 is 1.04 bits per heavy atom. The predicted molar refractivity (Wildman–Crippen MR) is 115 cm³/mol. The van der Waals surface area contributed by atoms with Crippen LogP contribution < -0.4 is 15.3 Å². The molecule has 0 bridgehead atoms. The third kappa shape index (κ3) is 4.23. The monoisotopic (exact) mass is 442 g/mol. The zero-order chi connectivity index (χ0) is 19.5. The van der Waals surface area contributed by atoms with Gasteiger partial charge in [0.1, 0.15) is 11.3 Å². The molecule has 0 amide bonds. The molecule has 6 heteroatoms. The number of benzene rings is 2. The quantitative estimate of drug-likeness (QED) is 0.564. The van der Waals surface area contributed by atoms with Crippen molar-refractivity contribution in [3.63, 3.8) is 0 Å². The van der Waals surface area contributed by atoms with Gasteiger partial charge in [-0.05, 0) is 54.4 Å². The van der Waals surface area contributed by atoms with Gasteiger partial charge in [-0.15, -0.1) is 0 Å². The third-order valence-corrected chi connectivity index (χ3v) is 5.71. The van der Waals surface area contributed by atoms with Gasteiger partial charge in [0.05, 0.1) is 7.11 Å². The zero-order valence-corrected chi connectivity index (χ0v) is 17.4. The number of halogens is 1. The summed E-state index contributed by atoms with van der Waals surface area (Å²) in [4.78, 5) is 16.8. The molecule has 1 aliphatic rings. The Bertz CT molecular complexity index is 1020. The first-order valence-corrected chi connectivity index (χ1v) is 10.3. The van der Waals surface area contributed by atoms with Gasteiger partial charge in [0.15, 0.2) is 0 Å². The van der Waals surface area contributed by atoms with Crippen molar-refractivity contribution in [2.45, 2.75) is 13.0 Å². The lowest BCUT2D eigenvalue weighted by Crippen LogP contribution is -2.30. The molecule has 0 spiro atoms. The molecule has 1 fully saturated rings. The van der Waals surface area contributed by atoms with E-state index in [9.17, 15) is 4.79 Å². The number of anilines is 1. The van der Waals surface area contributed by atoms with Crippen LogP contribution in [0, 0.1) is 0 Å². The van der Waals surface area contributed by atoms with E-state index in [-0.39, 0.29) is 5.63 Å². The summed E-state index contributed by atoms with van der Waals surface area (Å²) in [6.45, 7) is 4.68. The molecule has 146 valence electrons. The number of rotatable bonds is 4. The molecular formula is C22H23BrN2O3. The number of hydrogen-bond donors (Lipinski definition) is 0. The molecular weight excluding hydrogens is 420 g/mol. The van der Waals surface area contributed by atoms with E-state index in [1.807, 2.05) is 30.3 Å². The normalized spacial score (nSPS) is 15.6. The smallest absolute Gasteiger partial charge is 0.336 e. The summed E-state index contributed by atoms with van der Waals surface area (Å²) in [6, 6.07) is 15.7. The molecule has 28 heavy (non-hydrogen) atoms. The molecule has 0 saturated carbocycles. The number of fused-ring (bicyclic) bond motifs is 1. The van der Waals surface area contributed by atoms with Crippen LogP contribution in [0.5, 0.6) is 5.75 Å². The van der Waals surface area contributed by atoms with Crippen LogP contribution in [0.2, 0.25) is 0 Å². The fraction of sp³-hybridized carbons (Fsp3) is 0.318. The number of nitrogens with zero attached hydrogens (tertiary/aromatic N) is 2. The van der Waals surface area contributed by atoms with E-state index in [1.165, 1.54) is 5.69 Å². The van der Waals surface area contributed by atoms with Crippen molar-refractivity contribution >= 4 is 32.6 Å². The molecule has 2 aromatic carbocycles. The largest absolute Gasteiger partial charge is 0.497 e. The third-order valence-electron chi connectivity index (χ3n) is 5.21. The van der Waals surface area contributed by atoms with Crippen molar-refractivity contribution in [1.29, 1.82) is 0 Å². The van der Waals surface area contributed by atoms with Crippen LogP contribution in [-0.2, 0) is 6.54 Å². The van der Waals surface area contributed by atoms with Crippen LogP contribution in [0.1, 0.15) is 12.0 Å². The maximum Gasteiger partial charge on any atom is 0.336 e. The highest BCUT2D eigenvalue weighted by atomic mass is 79.9. The van der Waals surface area contributed by atoms with Crippen LogP contribution in [0.3, 0.4) is 0 Å². The second kappa shape index (κ2) is 8.37. The Morgan fingerprint density at radius 2 is 1.86 bits per heavy atom. The number of methoxy groups -OCH3 is 1. The minimum Gasteiger partial charge on any atom is -0.497 e. The molecule has 5 nitrogen and oxygen atoms in total. The summed E-state index contributed by atoms with van der Waals surface area (Å²) in [5.41, 5.74) is 2.58. The molecule has 1 aromatic heterocycles. The van der Waals surface area contributed by atoms with Crippen molar-refractivity contribution < 1.29 is 9.15 Å². The number of ether oxygens (including phenoxy) is 1. The van der Waals surface area contributed by atoms with Gasteiger partial charge in [-0.2, -0.15) is 0 Å². The maximum atomic E-state index is 12.0. The Hall–Kier alpha value is -2.31. The van der Waals surface area contributed by atoms with Gasteiger partial charge in [0, 0.05) is 54.3 Å². The summed E-state index contributed by atoms with van der Waals surface area (Å²) in [7, 11) is 1.69. The molecule has 0 atom stereocenters. The minimum atomic E-state index is -0.296. The lowest BCUT2D eigenvalue weighted by molar-refractivity contribution is 0.286. The fourth-order valence-corrected chi connectivity index (χ4v) is 4.10. The molecule has 0 radical (unpaired) electrons. The molecule has 0 unspecified atom stereocenters. The van der Waals surface area contributed by atoms with Gasteiger partial charge in [-0.1, -0.05) is 15.9 Å². The first-order valence-electron chi connectivity index (χ1n) is 9.46. The van der Waals surface area contributed by atoms with Crippen LogP contribution in [-0.4, -0.2) is 38.2 Å². The van der Waals surface area contributed by atoms with Crippen LogP contribution in [0.15, 0.2) is 62.2 Å². The van der Waals surface area contributed by atoms with Crippen molar-refractivity contribution in [1.82, 2.24) is 4.90 Å². The molecule has 3 aromatic rings.